The molecule has 0 radical (unpaired) electrons. The van der Waals surface area contributed by atoms with Gasteiger partial charge in [0.1, 0.15) is 6.04 Å². The van der Waals surface area contributed by atoms with Crippen LogP contribution in [0.5, 0.6) is 0 Å². The van der Waals surface area contributed by atoms with Crippen molar-refractivity contribution in [2.45, 2.75) is 18.6 Å². The van der Waals surface area contributed by atoms with Crippen LogP contribution in [-0.2, 0) is 14.3 Å². The number of urea groups is 1. The van der Waals surface area contributed by atoms with Crippen LogP contribution in [0.15, 0.2) is 0 Å². The van der Waals surface area contributed by atoms with E-state index in [9.17, 15) is 9.59 Å². The number of nitrogens with one attached hydrogen (secondary N) is 1. The highest BCUT2D eigenvalue weighted by Gasteiger charge is 2.39. The maximum atomic E-state index is 11.7. The molecule has 0 aromatic rings. The molecule has 0 aromatic heterocycles. The van der Waals surface area contributed by atoms with E-state index in [1.54, 1.807) is 0 Å². The van der Waals surface area contributed by atoms with Crippen LogP contribution in [0.3, 0.4) is 0 Å². The lowest BCUT2D eigenvalue weighted by Gasteiger charge is -2.21. The fourth-order valence-corrected chi connectivity index (χ4v) is 1.79. The van der Waals surface area contributed by atoms with Crippen LogP contribution < -0.4 is 5.32 Å². The zero-order valence-electron chi connectivity index (χ0n) is 10.0. The van der Waals surface area contributed by atoms with E-state index in [0.717, 1.165) is 0 Å². The molecule has 7 heteroatoms. The van der Waals surface area contributed by atoms with E-state index in [2.05, 4.69) is 5.32 Å². The van der Waals surface area contributed by atoms with Crippen LogP contribution in [0.4, 0.5) is 4.79 Å². The first-order chi connectivity index (χ1) is 8.10. The summed E-state index contributed by atoms with van der Waals surface area (Å²) >= 11 is 0. The number of rotatable bonds is 5. The molecule has 2 unspecified atom stereocenters. The van der Waals surface area contributed by atoms with Gasteiger partial charge in [-0.2, -0.15) is 0 Å². The normalized spacial score (nSPS) is 23.8. The van der Waals surface area contributed by atoms with Gasteiger partial charge in [0, 0.05) is 33.7 Å². The Bertz CT molecular complexity index is 284. The van der Waals surface area contributed by atoms with Gasteiger partial charge in [0.25, 0.3) is 0 Å². The molecule has 0 spiro atoms. The molecule has 1 heterocycles. The predicted molar refractivity (Wildman–Crippen MR) is 58.8 cm³/mol. The summed E-state index contributed by atoms with van der Waals surface area (Å²) in [6, 6.07) is -1.21. The van der Waals surface area contributed by atoms with E-state index in [1.165, 1.54) is 19.1 Å². The third-order valence-electron chi connectivity index (χ3n) is 2.72. The minimum Gasteiger partial charge on any atom is -0.480 e. The van der Waals surface area contributed by atoms with Crippen LogP contribution in [0.2, 0.25) is 0 Å². The van der Waals surface area contributed by atoms with E-state index >= 15 is 0 Å². The highest BCUT2D eigenvalue weighted by atomic mass is 16.5. The van der Waals surface area contributed by atoms with Crippen molar-refractivity contribution >= 4 is 12.0 Å². The Morgan fingerprint density at radius 3 is 2.71 bits per heavy atom. The van der Waals surface area contributed by atoms with Crippen LogP contribution in [0, 0.1) is 0 Å². The highest BCUT2D eigenvalue weighted by molar-refractivity contribution is 5.83. The number of aliphatic carboxylic acids is 1. The third kappa shape index (κ3) is 3.57. The maximum absolute atomic E-state index is 11.7. The molecule has 2 amide bonds. The second-order valence-corrected chi connectivity index (χ2v) is 3.82. The number of carbonyl (C=O) groups excluding carboxylic acids is 1. The van der Waals surface area contributed by atoms with Gasteiger partial charge in [0.15, 0.2) is 0 Å². The van der Waals surface area contributed by atoms with Crippen LogP contribution in [0.25, 0.3) is 0 Å². The molecule has 98 valence electrons. The Balaban J connectivity index is 2.54. The Morgan fingerprint density at radius 1 is 1.47 bits per heavy atom. The average Bonchev–Trinajstić information content (AvgIpc) is 2.73. The van der Waals surface area contributed by atoms with Gasteiger partial charge in [-0.05, 0) is 0 Å². The monoisotopic (exact) mass is 246 g/mol. The number of amides is 2. The minimum absolute atomic E-state index is 0.218. The predicted octanol–water partition coefficient (Wildman–Crippen LogP) is -0.484. The van der Waals surface area contributed by atoms with Gasteiger partial charge in [0.2, 0.25) is 0 Å². The highest BCUT2D eigenvalue weighted by Crippen LogP contribution is 2.20. The standard InChI is InChI=1S/C10H18N2O5/c1-16-4-3-11-10(15)12-6-7(17-2)5-8(12)9(13)14/h7-8H,3-6H2,1-2H3,(H,11,15)(H,13,14). The third-order valence-corrected chi connectivity index (χ3v) is 2.72. The molecular weight excluding hydrogens is 228 g/mol. The molecule has 2 atom stereocenters. The van der Waals surface area contributed by atoms with Crippen LogP contribution >= 0.6 is 0 Å². The zero-order chi connectivity index (χ0) is 12.8. The first-order valence-corrected chi connectivity index (χ1v) is 5.39. The lowest BCUT2D eigenvalue weighted by atomic mass is 10.2. The maximum Gasteiger partial charge on any atom is 0.326 e. The Morgan fingerprint density at radius 2 is 2.18 bits per heavy atom. The summed E-state index contributed by atoms with van der Waals surface area (Å²) in [4.78, 5) is 24.0. The summed E-state index contributed by atoms with van der Waals surface area (Å²) < 4.78 is 9.89. The topological polar surface area (TPSA) is 88.1 Å². The quantitative estimate of drug-likeness (QED) is 0.639. The van der Waals surface area contributed by atoms with Crippen molar-refractivity contribution in [3.05, 3.63) is 0 Å². The molecule has 17 heavy (non-hydrogen) atoms. The second-order valence-electron chi connectivity index (χ2n) is 3.82. The summed E-state index contributed by atoms with van der Waals surface area (Å²) in [6.45, 7) is 1.05. The fourth-order valence-electron chi connectivity index (χ4n) is 1.79. The number of carboxylic acid groups (broad SMARTS) is 1. The van der Waals surface area contributed by atoms with Gasteiger partial charge in [0.05, 0.1) is 12.7 Å². The van der Waals surface area contributed by atoms with Gasteiger partial charge in [-0.25, -0.2) is 9.59 Å². The van der Waals surface area contributed by atoms with Crippen molar-refractivity contribution in [1.82, 2.24) is 10.2 Å². The van der Waals surface area contributed by atoms with E-state index in [-0.39, 0.29) is 6.10 Å². The second kappa shape index (κ2) is 6.41. The van der Waals surface area contributed by atoms with Crippen molar-refractivity contribution in [3.8, 4) is 0 Å². The van der Waals surface area contributed by atoms with Crippen LogP contribution in [0.1, 0.15) is 6.42 Å². The Hall–Kier alpha value is -1.34. The molecule has 2 N–H and O–H groups in total. The molecule has 7 nitrogen and oxygen atoms in total. The van der Waals surface area contributed by atoms with E-state index in [4.69, 9.17) is 14.6 Å². The molecule has 1 rings (SSSR count). The van der Waals surface area contributed by atoms with Crippen molar-refractivity contribution < 1.29 is 24.2 Å². The summed E-state index contributed by atoms with van der Waals surface area (Å²) in [5.74, 6) is -1.01. The van der Waals surface area contributed by atoms with Gasteiger partial charge in [-0.3, -0.25) is 0 Å². The van der Waals surface area contributed by atoms with Crippen molar-refractivity contribution in [2.75, 3.05) is 33.9 Å². The number of hydrogen-bond acceptors (Lipinski definition) is 4. The van der Waals surface area contributed by atoms with E-state index in [0.29, 0.717) is 26.1 Å². The fraction of sp³-hybridized carbons (Fsp3) is 0.800. The molecule has 1 aliphatic rings. The smallest absolute Gasteiger partial charge is 0.326 e. The molecule has 0 saturated carbocycles. The SMILES string of the molecule is COCCNC(=O)N1CC(OC)CC1C(=O)O. The number of carbonyl (C=O) groups is 2. The van der Waals surface area contributed by atoms with E-state index < -0.39 is 18.0 Å². The summed E-state index contributed by atoms with van der Waals surface area (Å²) in [7, 11) is 3.04. The molecule has 0 aliphatic carbocycles. The number of nitrogens with zero attached hydrogens (tertiary/aromatic N) is 1. The summed E-state index contributed by atoms with van der Waals surface area (Å²) in [6.07, 6.45) is 0.105. The number of methoxy groups -OCH3 is 2. The van der Waals surface area contributed by atoms with E-state index in [1.807, 2.05) is 0 Å². The molecule has 1 saturated heterocycles. The molecule has 1 fully saturated rings. The van der Waals surface area contributed by atoms with Gasteiger partial charge >= 0.3 is 12.0 Å². The molecule has 0 bridgehead atoms. The van der Waals surface area contributed by atoms with Gasteiger partial charge in [-0.15, -0.1) is 0 Å². The number of hydrogen-bond donors (Lipinski definition) is 2. The molecular formula is C10H18N2O5. The Labute approximate surface area is 99.7 Å². The average molecular weight is 246 g/mol. The number of likely N-dealkylation sites (tertiary alicyclic amines) is 1. The lowest BCUT2D eigenvalue weighted by molar-refractivity contribution is -0.141. The Kier molecular flexibility index (Phi) is 5.17. The zero-order valence-corrected chi connectivity index (χ0v) is 10.0. The van der Waals surface area contributed by atoms with Gasteiger partial charge < -0.3 is 24.8 Å². The van der Waals surface area contributed by atoms with Crippen molar-refractivity contribution in [1.29, 1.82) is 0 Å². The first kappa shape index (κ1) is 13.7. The number of ether oxygens (including phenoxy) is 2. The van der Waals surface area contributed by atoms with Crippen molar-refractivity contribution in [2.24, 2.45) is 0 Å². The molecule has 0 aromatic carbocycles. The van der Waals surface area contributed by atoms with Crippen molar-refractivity contribution in [3.63, 3.8) is 0 Å². The number of carboxylic acids is 1. The largest absolute Gasteiger partial charge is 0.480 e. The lowest BCUT2D eigenvalue weighted by Crippen LogP contribution is -2.46. The van der Waals surface area contributed by atoms with Crippen LogP contribution in [-0.4, -0.2) is 68.1 Å². The summed E-state index contributed by atoms with van der Waals surface area (Å²) in [5, 5.41) is 11.6. The van der Waals surface area contributed by atoms with Gasteiger partial charge in [-0.1, -0.05) is 0 Å². The molecule has 1 aliphatic heterocycles. The summed E-state index contributed by atoms with van der Waals surface area (Å²) in [5.41, 5.74) is 0. The minimum atomic E-state index is -1.01. The first-order valence-electron chi connectivity index (χ1n) is 5.39.